The lowest BCUT2D eigenvalue weighted by molar-refractivity contribution is -0.0425. The minimum absolute atomic E-state index is 0.0445. The highest BCUT2D eigenvalue weighted by molar-refractivity contribution is 14.1. The van der Waals surface area contributed by atoms with Crippen molar-refractivity contribution in [3.63, 3.8) is 0 Å². The summed E-state index contributed by atoms with van der Waals surface area (Å²) in [5.41, 5.74) is -5.56. The van der Waals surface area contributed by atoms with Crippen LogP contribution in [0.4, 0.5) is 18.9 Å². The van der Waals surface area contributed by atoms with Crippen molar-refractivity contribution >= 4 is 89.5 Å². The number of sulfonamides is 1. The molecular formula is C14H6F3I3NO4S-. The second-order valence-corrected chi connectivity index (χ2v) is 9.73. The van der Waals surface area contributed by atoms with Gasteiger partial charge in [0, 0.05) is 10.7 Å². The summed E-state index contributed by atoms with van der Waals surface area (Å²) < 4.78 is 69.2. The summed E-state index contributed by atoms with van der Waals surface area (Å²) in [7, 11) is -5.63. The van der Waals surface area contributed by atoms with Crippen LogP contribution in [-0.2, 0) is 10.0 Å². The molecule has 0 aliphatic carbocycles. The Labute approximate surface area is 187 Å². The standard InChI is InChI=1S/C14H6F3I3NO4S/c15-14(16,17)26(23,24)21-8-1-3-9(4-2-8)25-13(22)10-5-7(18)6-11(19)12(10)20/h1-6H/q-1. The van der Waals surface area contributed by atoms with Crippen LogP contribution < -0.4 is 4.74 Å². The Morgan fingerprint density at radius 2 is 1.62 bits per heavy atom. The van der Waals surface area contributed by atoms with Gasteiger partial charge in [-0.1, -0.05) is 12.1 Å². The van der Waals surface area contributed by atoms with E-state index in [1.165, 1.54) is 0 Å². The molecule has 2 rings (SSSR count). The number of carbonyl (C=O) groups is 1. The molecule has 0 spiro atoms. The number of hydrogen-bond acceptors (Lipinski definition) is 4. The van der Waals surface area contributed by atoms with Gasteiger partial charge in [-0.2, -0.15) is 13.2 Å². The number of ether oxygens (including phenoxy) is 1. The second kappa shape index (κ2) is 8.34. The number of esters is 1. The van der Waals surface area contributed by atoms with Crippen LogP contribution in [0.2, 0.25) is 0 Å². The molecule has 0 aromatic heterocycles. The van der Waals surface area contributed by atoms with E-state index in [0.29, 0.717) is 9.13 Å². The summed E-state index contributed by atoms with van der Waals surface area (Å²) in [5.74, 6) is -0.596. The third kappa shape index (κ3) is 5.34. The highest BCUT2D eigenvalue weighted by atomic mass is 127. The lowest BCUT2D eigenvalue weighted by Crippen LogP contribution is -2.20. The maximum absolute atomic E-state index is 12.3. The minimum Gasteiger partial charge on any atom is -0.569 e. The smallest absolute Gasteiger partial charge is 0.483 e. The Bertz CT molecular complexity index is 947. The molecule has 140 valence electrons. The highest BCUT2D eigenvalue weighted by Gasteiger charge is 2.39. The zero-order chi connectivity index (χ0) is 19.7. The molecule has 0 saturated heterocycles. The van der Waals surface area contributed by atoms with E-state index < -0.39 is 27.2 Å². The van der Waals surface area contributed by atoms with E-state index >= 15 is 0 Å². The van der Waals surface area contributed by atoms with Crippen LogP contribution in [0.5, 0.6) is 5.75 Å². The quantitative estimate of drug-likeness (QED) is 0.179. The fraction of sp³-hybridized carbons (Fsp3) is 0.0714. The molecule has 0 bridgehead atoms. The first-order valence-electron chi connectivity index (χ1n) is 6.42. The van der Waals surface area contributed by atoms with Crippen LogP contribution in [0.1, 0.15) is 10.4 Å². The summed E-state index contributed by atoms with van der Waals surface area (Å²) in [4.78, 5) is 12.3. The predicted octanol–water partition coefficient (Wildman–Crippen LogP) is 5.57. The number of halogens is 6. The minimum atomic E-state index is -5.63. The third-order valence-electron chi connectivity index (χ3n) is 2.78. The maximum atomic E-state index is 12.3. The predicted molar refractivity (Wildman–Crippen MR) is 114 cm³/mol. The molecular weight excluding hydrogens is 716 g/mol. The third-order valence-corrected chi connectivity index (χ3v) is 7.48. The molecule has 2 aromatic rings. The first-order chi connectivity index (χ1) is 11.9. The first-order valence-corrected chi connectivity index (χ1v) is 11.1. The lowest BCUT2D eigenvalue weighted by Gasteiger charge is -2.23. The summed E-state index contributed by atoms with van der Waals surface area (Å²) >= 11 is 6.15. The van der Waals surface area contributed by atoms with Crippen LogP contribution in [-0.4, -0.2) is 19.9 Å². The molecule has 26 heavy (non-hydrogen) atoms. The first kappa shape index (κ1) is 21.9. The number of hydrogen-bond donors (Lipinski definition) is 0. The zero-order valence-corrected chi connectivity index (χ0v) is 19.5. The Kier molecular flexibility index (Phi) is 7.03. The Morgan fingerprint density at radius 3 is 2.15 bits per heavy atom. The number of rotatable bonds is 4. The van der Waals surface area contributed by atoms with Gasteiger partial charge in [0.1, 0.15) is 5.75 Å². The van der Waals surface area contributed by atoms with Crippen molar-refractivity contribution in [3.8, 4) is 5.75 Å². The molecule has 0 aliphatic rings. The normalized spacial score (nSPS) is 11.9. The van der Waals surface area contributed by atoms with Crippen LogP contribution in [0.3, 0.4) is 0 Å². The van der Waals surface area contributed by atoms with Gasteiger partial charge in [-0.05, 0) is 92.0 Å². The zero-order valence-electron chi connectivity index (χ0n) is 12.2. The summed E-state index contributed by atoms with van der Waals surface area (Å²) in [6, 6.07) is 7.87. The number of carbonyl (C=O) groups excluding carboxylic acids is 1. The molecule has 12 heteroatoms. The van der Waals surface area contributed by atoms with Crippen molar-refractivity contribution in [3.05, 3.63) is 57.4 Å². The van der Waals surface area contributed by atoms with Gasteiger partial charge in [-0.3, -0.25) is 0 Å². The van der Waals surface area contributed by atoms with Gasteiger partial charge in [-0.25, -0.2) is 13.2 Å². The fourth-order valence-electron chi connectivity index (χ4n) is 1.63. The van der Waals surface area contributed by atoms with Gasteiger partial charge >= 0.3 is 11.5 Å². The van der Waals surface area contributed by atoms with Crippen molar-refractivity contribution in [2.45, 2.75) is 5.51 Å². The molecule has 0 saturated carbocycles. The van der Waals surface area contributed by atoms with Gasteiger partial charge in [0.25, 0.3) is 0 Å². The van der Waals surface area contributed by atoms with Crippen molar-refractivity contribution in [2.24, 2.45) is 0 Å². The van der Waals surface area contributed by atoms with Gasteiger partial charge in [0.2, 0.25) is 0 Å². The van der Waals surface area contributed by atoms with Crippen LogP contribution in [0, 0.1) is 10.7 Å². The van der Waals surface area contributed by atoms with Gasteiger partial charge in [0.05, 0.1) is 5.56 Å². The van der Waals surface area contributed by atoms with Crippen LogP contribution in [0.15, 0.2) is 36.4 Å². The molecule has 0 fully saturated rings. The van der Waals surface area contributed by atoms with Crippen molar-refractivity contribution in [2.75, 3.05) is 0 Å². The van der Waals surface area contributed by atoms with Gasteiger partial charge in [-0.15, -0.1) is 5.69 Å². The number of alkyl halides is 3. The van der Waals surface area contributed by atoms with E-state index in [9.17, 15) is 26.4 Å². The highest BCUT2D eigenvalue weighted by Crippen LogP contribution is 2.34. The number of nitrogens with zero attached hydrogens (tertiary/aromatic N) is 1. The molecule has 5 nitrogen and oxygen atoms in total. The Hall–Kier alpha value is -0.360. The van der Waals surface area contributed by atoms with Gasteiger partial charge < -0.3 is 9.46 Å². The summed E-state index contributed by atoms with van der Waals surface area (Å²) in [6.45, 7) is 0. The molecule has 0 aliphatic heterocycles. The average Bonchev–Trinajstić information content (AvgIpc) is 2.51. The topological polar surface area (TPSA) is 74.5 Å². The number of benzene rings is 2. The lowest BCUT2D eigenvalue weighted by atomic mass is 10.2. The fourth-order valence-corrected chi connectivity index (χ4v) is 4.51. The SMILES string of the molecule is O=C(Oc1ccc([N-]S(=O)(=O)C(F)(F)F)cc1)c1cc(I)cc(I)c1I. The van der Waals surface area contributed by atoms with Crippen molar-refractivity contribution in [1.29, 1.82) is 0 Å². The molecule has 0 atom stereocenters. The van der Waals surface area contributed by atoms with Crippen LogP contribution >= 0.6 is 67.8 Å². The summed E-state index contributed by atoms with van der Waals surface area (Å²) in [5, 5.41) is 0. The molecule has 0 N–H and O–H groups in total. The molecule has 0 unspecified atom stereocenters. The van der Waals surface area contributed by atoms with Crippen molar-refractivity contribution in [1.82, 2.24) is 0 Å². The Morgan fingerprint density at radius 1 is 1.04 bits per heavy atom. The van der Waals surface area contributed by atoms with E-state index in [1.54, 1.807) is 6.07 Å². The van der Waals surface area contributed by atoms with E-state index in [2.05, 4.69) is 49.9 Å². The average molecular weight is 722 g/mol. The summed E-state index contributed by atoms with van der Waals surface area (Å²) in [6.07, 6.45) is 0. The van der Waals surface area contributed by atoms with E-state index in [4.69, 9.17) is 4.74 Å². The van der Waals surface area contributed by atoms with Crippen LogP contribution in [0.25, 0.3) is 4.72 Å². The van der Waals surface area contributed by atoms with E-state index in [1.807, 2.05) is 28.7 Å². The van der Waals surface area contributed by atoms with Crippen molar-refractivity contribution < 1.29 is 31.1 Å². The molecule has 0 amide bonds. The maximum Gasteiger partial charge on any atom is 0.483 e. The van der Waals surface area contributed by atoms with E-state index in [0.717, 1.165) is 31.4 Å². The van der Waals surface area contributed by atoms with Gasteiger partial charge in [0.15, 0.2) is 10.0 Å². The monoisotopic (exact) mass is 722 g/mol. The molecule has 0 heterocycles. The molecule has 2 aromatic carbocycles. The largest absolute Gasteiger partial charge is 0.569 e. The molecule has 0 radical (unpaired) electrons. The Balaban J connectivity index is 2.16. The second-order valence-electron chi connectivity index (χ2n) is 4.64. The van der Waals surface area contributed by atoms with E-state index in [-0.39, 0.29) is 5.75 Å².